The average Bonchev–Trinajstić information content (AvgIpc) is 2.70. The predicted molar refractivity (Wildman–Crippen MR) is 51.1 cm³/mol. The Balaban J connectivity index is 2.42. The molecular formula is C11H18O2. The number of aliphatic hydroxyl groups excluding tert-OH is 2. The number of fused-ring (bicyclic) bond motifs is 2. The summed E-state index contributed by atoms with van der Waals surface area (Å²) in [6.45, 7) is 4.54. The first-order valence-electron chi connectivity index (χ1n) is 4.98. The van der Waals surface area contributed by atoms with E-state index >= 15 is 0 Å². The first-order chi connectivity index (χ1) is 6.08. The first-order valence-corrected chi connectivity index (χ1v) is 4.98. The molecule has 13 heavy (non-hydrogen) atoms. The van der Waals surface area contributed by atoms with E-state index in [1.807, 2.05) is 0 Å². The van der Waals surface area contributed by atoms with Gasteiger partial charge in [-0.15, -0.1) is 0 Å². The molecule has 2 heteroatoms. The Morgan fingerprint density at radius 3 is 1.77 bits per heavy atom. The molecule has 0 radical (unpaired) electrons. The third-order valence-electron chi connectivity index (χ3n) is 4.68. The van der Waals surface area contributed by atoms with Crippen molar-refractivity contribution in [2.45, 2.75) is 20.3 Å². The normalized spacial score (nSPS) is 53.2. The molecule has 0 heterocycles. The average molecular weight is 182 g/mol. The summed E-state index contributed by atoms with van der Waals surface area (Å²) in [4.78, 5) is 0. The molecule has 2 rings (SSSR count). The molecule has 0 spiro atoms. The van der Waals surface area contributed by atoms with Crippen LogP contribution in [0, 0.1) is 22.7 Å². The molecule has 0 aliphatic heterocycles. The zero-order valence-electron chi connectivity index (χ0n) is 8.33. The highest BCUT2D eigenvalue weighted by molar-refractivity contribution is 5.22. The van der Waals surface area contributed by atoms with Gasteiger partial charge < -0.3 is 10.2 Å². The van der Waals surface area contributed by atoms with Crippen LogP contribution in [0.4, 0.5) is 0 Å². The quantitative estimate of drug-likeness (QED) is 0.630. The van der Waals surface area contributed by atoms with Crippen molar-refractivity contribution in [1.82, 2.24) is 0 Å². The van der Waals surface area contributed by atoms with Gasteiger partial charge in [0.15, 0.2) is 0 Å². The van der Waals surface area contributed by atoms with Crippen LogP contribution in [0.1, 0.15) is 20.3 Å². The van der Waals surface area contributed by atoms with Crippen LogP contribution < -0.4 is 0 Å². The van der Waals surface area contributed by atoms with E-state index in [2.05, 4.69) is 26.0 Å². The van der Waals surface area contributed by atoms with Crippen LogP contribution in [0.2, 0.25) is 0 Å². The molecule has 2 N–H and O–H groups in total. The number of rotatable bonds is 2. The minimum Gasteiger partial charge on any atom is -0.396 e. The van der Waals surface area contributed by atoms with Crippen molar-refractivity contribution in [3.63, 3.8) is 0 Å². The van der Waals surface area contributed by atoms with Crippen molar-refractivity contribution in [2.75, 3.05) is 13.2 Å². The molecule has 0 unspecified atom stereocenters. The second kappa shape index (κ2) is 2.58. The van der Waals surface area contributed by atoms with Crippen LogP contribution in [0.15, 0.2) is 12.2 Å². The summed E-state index contributed by atoms with van der Waals surface area (Å²) >= 11 is 0. The molecule has 1 fully saturated rings. The Morgan fingerprint density at radius 2 is 1.46 bits per heavy atom. The summed E-state index contributed by atoms with van der Waals surface area (Å²) in [5.74, 6) is 0.916. The predicted octanol–water partition coefficient (Wildman–Crippen LogP) is 1.19. The van der Waals surface area contributed by atoms with Gasteiger partial charge in [-0.05, 0) is 18.3 Å². The second-order valence-electron chi connectivity index (χ2n) is 4.98. The lowest BCUT2D eigenvalue weighted by molar-refractivity contribution is -0.0402. The van der Waals surface area contributed by atoms with E-state index < -0.39 is 0 Å². The standard InChI is InChI=1S/C11H18O2/c1-10(6-12)8-3-4-9(5-8)11(10,2)7-13/h3-4,8-9,12-13H,5-7H2,1-2H3/t8-,9+,10-,11-/m1/s1. The van der Waals surface area contributed by atoms with Crippen molar-refractivity contribution in [3.8, 4) is 0 Å². The molecule has 2 aliphatic rings. The lowest BCUT2D eigenvalue weighted by Crippen LogP contribution is -2.46. The summed E-state index contributed by atoms with van der Waals surface area (Å²) in [6, 6.07) is 0. The molecule has 0 aromatic heterocycles. The van der Waals surface area contributed by atoms with Crippen LogP contribution in [0.3, 0.4) is 0 Å². The van der Waals surface area contributed by atoms with Crippen molar-refractivity contribution in [3.05, 3.63) is 12.2 Å². The van der Waals surface area contributed by atoms with E-state index in [9.17, 15) is 10.2 Å². The maximum Gasteiger partial charge on any atom is 0.0496 e. The first kappa shape index (κ1) is 9.22. The summed E-state index contributed by atoms with van der Waals surface area (Å²) < 4.78 is 0. The van der Waals surface area contributed by atoms with Crippen LogP contribution in [-0.2, 0) is 0 Å². The minimum atomic E-state index is -0.124. The van der Waals surface area contributed by atoms with Gasteiger partial charge >= 0.3 is 0 Å². The number of aliphatic hydroxyl groups is 2. The molecule has 74 valence electrons. The minimum absolute atomic E-state index is 0.124. The molecule has 2 nitrogen and oxygen atoms in total. The third kappa shape index (κ3) is 0.856. The fourth-order valence-electron chi connectivity index (χ4n) is 3.09. The van der Waals surface area contributed by atoms with Gasteiger partial charge in [0.2, 0.25) is 0 Å². The SMILES string of the molecule is C[C@@]1(CO)[C@@H]2C=C[C@@H](C2)[C@@]1(C)CO. The van der Waals surface area contributed by atoms with Crippen LogP contribution in [0.5, 0.6) is 0 Å². The number of allylic oxidation sites excluding steroid dienone is 2. The highest BCUT2D eigenvalue weighted by atomic mass is 16.3. The maximum absolute atomic E-state index is 9.47. The van der Waals surface area contributed by atoms with Gasteiger partial charge in [-0.1, -0.05) is 26.0 Å². The zero-order chi connectivity index (χ0) is 9.69. The van der Waals surface area contributed by atoms with Gasteiger partial charge in [-0.25, -0.2) is 0 Å². The van der Waals surface area contributed by atoms with Crippen LogP contribution in [-0.4, -0.2) is 23.4 Å². The van der Waals surface area contributed by atoms with Crippen molar-refractivity contribution >= 4 is 0 Å². The second-order valence-corrected chi connectivity index (χ2v) is 4.98. The Kier molecular flexibility index (Phi) is 1.83. The molecular weight excluding hydrogens is 164 g/mol. The van der Waals surface area contributed by atoms with E-state index in [4.69, 9.17) is 0 Å². The molecule has 0 saturated heterocycles. The zero-order valence-corrected chi connectivity index (χ0v) is 8.33. The summed E-state index contributed by atoms with van der Waals surface area (Å²) in [7, 11) is 0. The molecule has 2 bridgehead atoms. The van der Waals surface area contributed by atoms with Crippen LogP contribution >= 0.6 is 0 Å². The largest absolute Gasteiger partial charge is 0.396 e. The smallest absolute Gasteiger partial charge is 0.0496 e. The lowest BCUT2D eigenvalue weighted by Gasteiger charge is -2.45. The highest BCUT2D eigenvalue weighted by Crippen LogP contribution is 2.62. The lowest BCUT2D eigenvalue weighted by atomic mass is 9.60. The molecule has 0 amide bonds. The van der Waals surface area contributed by atoms with Gasteiger partial charge in [0.25, 0.3) is 0 Å². The summed E-state index contributed by atoms with van der Waals surface area (Å²) in [5, 5.41) is 18.9. The van der Waals surface area contributed by atoms with Gasteiger partial charge in [0, 0.05) is 24.0 Å². The third-order valence-corrected chi connectivity index (χ3v) is 4.68. The van der Waals surface area contributed by atoms with E-state index in [1.54, 1.807) is 0 Å². The molecule has 1 saturated carbocycles. The van der Waals surface area contributed by atoms with Gasteiger partial charge in [-0.3, -0.25) is 0 Å². The molecule has 0 aromatic rings. The van der Waals surface area contributed by atoms with E-state index in [0.717, 1.165) is 6.42 Å². The highest BCUT2D eigenvalue weighted by Gasteiger charge is 2.59. The Hall–Kier alpha value is -0.340. The Bertz CT molecular complexity index is 224. The Morgan fingerprint density at radius 1 is 1.08 bits per heavy atom. The maximum atomic E-state index is 9.47. The van der Waals surface area contributed by atoms with Crippen molar-refractivity contribution in [2.24, 2.45) is 22.7 Å². The van der Waals surface area contributed by atoms with E-state index in [-0.39, 0.29) is 24.0 Å². The van der Waals surface area contributed by atoms with Gasteiger partial charge in [-0.2, -0.15) is 0 Å². The summed E-state index contributed by atoms with van der Waals surface area (Å²) in [5.41, 5.74) is -0.248. The topological polar surface area (TPSA) is 40.5 Å². The molecule has 4 atom stereocenters. The van der Waals surface area contributed by atoms with E-state index in [0.29, 0.717) is 11.8 Å². The van der Waals surface area contributed by atoms with Crippen molar-refractivity contribution in [1.29, 1.82) is 0 Å². The fraction of sp³-hybridized carbons (Fsp3) is 0.818. The van der Waals surface area contributed by atoms with Gasteiger partial charge in [0.05, 0.1) is 0 Å². The number of hydrogen-bond acceptors (Lipinski definition) is 2. The molecule has 2 aliphatic carbocycles. The van der Waals surface area contributed by atoms with E-state index in [1.165, 1.54) is 0 Å². The van der Waals surface area contributed by atoms with Crippen molar-refractivity contribution < 1.29 is 10.2 Å². The van der Waals surface area contributed by atoms with Crippen LogP contribution in [0.25, 0.3) is 0 Å². The summed E-state index contributed by atoms with van der Waals surface area (Å²) in [6.07, 6.45) is 5.52. The molecule has 0 aromatic carbocycles. The monoisotopic (exact) mass is 182 g/mol. The Labute approximate surface area is 79.3 Å². The van der Waals surface area contributed by atoms with Gasteiger partial charge in [0.1, 0.15) is 0 Å². The number of hydrogen-bond donors (Lipinski definition) is 2. The fourth-order valence-corrected chi connectivity index (χ4v) is 3.09.